The average Bonchev–Trinajstić information content (AvgIpc) is 2.66. The molecule has 5 nitrogen and oxygen atoms in total. The third kappa shape index (κ3) is 4.77. The van der Waals surface area contributed by atoms with Gasteiger partial charge in [-0.05, 0) is 47.2 Å². The molecule has 142 valence electrons. The van der Waals surface area contributed by atoms with E-state index < -0.39 is 10.0 Å². The van der Waals surface area contributed by atoms with Crippen molar-refractivity contribution < 1.29 is 17.9 Å². The molecule has 0 aliphatic rings. The van der Waals surface area contributed by atoms with Gasteiger partial charge < -0.3 is 9.47 Å². The van der Waals surface area contributed by atoms with E-state index in [-0.39, 0.29) is 16.9 Å². The summed E-state index contributed by atoms with van der Waals surface area (Å²) in [5, 5.41) is 0. The standard InChI is InChI=1S/C20H27NO4S/c1-6-20(2,3)16-7-9-19(10-8-16)26(22,23)21-14-15-11-17(24-4)13-18(12-15)25-5/h7-13,21H,6,14H2,1-5H3. The van der Waals surface area contributed by atoms with Crippen LogP contribution >= 0.6 is 0 Å². The van der Waals surface area contributed by atoms with Crippen molar-refractivity contribution >= 4 is 10.0 Å². The minimum atomic E-state index is -3.60. The maximum atomic E-state index is 12.6. The molecule has 0 saturated heterocycles. The zero-order chi connectivity index (χ0) is 19.4. The van der Waals surface area contributed by atoms with Crippen molar-refractivity contribution in [3.8, 4) is 11.5 Å². The maximum absolute atomic E-state index is 12.6. The van der Waals surface area contributed by atoms with Crippen LogP contribution in [0.4, 0.5) is 0 Å². The third-order valence-corrected chi connectivity index (χ3v) is 6.12. The number of benzene rings is 2. The highest BCUT2D eigenvalue weighted by Gasteiger charge is 2.20. The van der Waals surface area contributed by atoms with E-state index in [1.165, 1.54) is 0 Å². The topological polar surface area (TPSA) is 64.6 Å². The maximum Gasteiger partial charge on any atom is 0.240 e. The van der Waals surface area contributed by atoms with Crippen LogP contribution in [0, 0.1) is 0 Å². The zero-order valence-electron chi connectivity index (χ0n) is 16.0. The van der Waals surface area contributed by atoms with Crippen LogP contribution in [0.1, 0.15) is 38.3 Å². The Morgan fingerprint density at radius 2 is 1.50 bits per heavy atom. The predicted octanol–water partition coefficient (Wildman–Crippen LogP) is 3.87. The molecule has 0 bridgehead atoms. The van der Waals surface area contributed by atoms with Gasteiger partial charge in [-0.15, -0.1) is 0 Å². The summed E-state index contributed by atoms with van der Waals surface area (Å²) in [6.45, 7) is 6.56. The van der Waals surface area contributed by atoms with Crippen LogP contribution in [0.15, 0.2) is 47.4 Å². The fourth-order valence-corrected chi connectivity index (χ4v) is 3.54. The van der Waals surface area contributed by atoms with Gasteiger partial charge in [-0.1, -0.05) is 32.9 Å². The first-order chi connectivity index (χ1) is 12.2. The summed E-state index contributed by atoms with van der Waals surface area (Å²) in [4.78, 5) is 0.253. The van der Waals surface area contributed by atoms with Crippen molar-refractivity contribution in [3.05, 3.63) is 53.6 Å². The second-order valence-corrected chi connectivity index (χ2v) is 8.57. The van der Waals surface area contributed by atoms with Crippen molar-refractivity contribution in [2.24, 2.45) is 0 Å². The molecule has 2 aromatic rings. The smallest absolute Gasteiger partial charge is 0.240 e. The number of methoxy groups -OCH3 is 2. The SMILES string of the molecule is CCC(C)(C)c1ccc(S(=O)(=O)NCc2cc(OC)cc(OC)c2)cc1. The summed E-state index contributed by atoms with van der Waals surface area (Å²) in [6, 6.07) is 12.4. The normalized spacial score (nSPS) is 12.0. The molecule has 0 radical (unpaired) electrons. The predicted molar refractivity (Wildman–Crippen MR) is 103 cm³/mol. The van der Waals surface area contributed by atoms with E-state index in [1.54, 1.807) is 44.6 Å². The molecule has 2 aromatic carbocycles. The first-order valence-corrected chi connectivity index (χ1v) is 10.0. The van der Waals surface area contributed by atoms with Gasteiger partial charge in [0.15, 0.2) is 0 Å². The van der Waals surface area contributed by atoms with Crippen LogP contribution in [0.2, 0.25) is 0 Å². The zero-order valence-corrected chi connectivity index (χ0v) is 16.8. The molecule has 0 aliphatic heterocycles. The van der Waals surface area contributed by atoms with Crippen LogP contribution in [0.5, 0.6) is 11.5 Å². The van der Waals surface area contributed by atoms with Crippen molar-refractivity contribution in [1.82, 2.24) is 4.72 Å². The Kier molecular flexibility index (Phi) is 6.31. The molecule has 0 aromatic heterocycles. The lowest BCUT2D eigenvalue weighted by Gasteiger charge is -2.23. The van der Waals surface area contributed by atoms with Gasteiger partial charge in [0, 0.05) is 12.6 Å². The molecule has 6 heteroatoms. The summed E-state index contributed by atoms with van der Waals surface area (Å²) in [6.07, 6.45) is 0.981. The van der Waals surface area contributed by atoms with E-state index in [2.05, 4.69) is 25.5 Å². The van der Waals surface area contributed by atoms with Crippen LogP contribution in [-0.4, -0.2) is 22.6 Å². The summed E-state index contributed by atoms with van der Waals surface area (Å²) < 4.78 is 38.2. The quantitative estimate of drug-likeness (QED) is 0.758. The first kappa shape index (κ1) is 20.3. The summed E-state index contributed by atoms with van der Waals surface area (Å²) in [5.41, 5.74) is 1.90. The highest BCUT2D eigenvalue weighted by molar-refractivity contribution is 7.89. The lowest BCUT2D eigenvalue weighted by molar-refractivity contribution is 0.393. The highest BCUT2D eigenvalue weighted by atomic mass is 32.2. The third-order valence-electron chi connectivity index (χ3n) is 4.71. The van der Waals surface area contributed by atoms with E-state index in [1.807, 2.05) is 12.1 Å². The second kappa shape index (κ2) is 8.10. The van der Waals surface area contributed by atoms with Gasteiger partial charge in [0.25, 0.3) is 0 Å². The van der Waals surface area contributed by atoms with E-state index in [9.17, 15) is 8.42 Å². The van der Waals surface area contributed by atoms with Crippen molar-refractivity contribution in [2.75, 3.05) is 14.2 Å². The fourth-order valence-electron chi connectivity index (χ4n) is 2.52. The minimum absolute atomic E-state index is 0.0207. The Morgan fingerprint density at radius 3 is 1.96 bits per heavy atom. The van der Waals surface area contributed by atoms with Crippen molar-refractivity contribution in [2.45, 2.75) is 44.0 Å². The number of nitrogens with one attached hydrogen (secondary N) is 1. The van der Waals surface area contributed by atoms with Gasteiger partial charge in [0.05, 0.1) is 19.1 Å². The van der Waals surface area contributed by atoms with E-state index >= 15 is 0 Å². The van der Waals surface area contributed by atoms with Gasteiger partial charge >= 0.3 is 0 Å². The largest absolute Gasteiger partial charge is 0.497 e. The lowest BCUT2D eigenvalue weighted by atomic mass is 9.82. The van der Waals surface area contributed by atoms with Crippen LogP contribution in [0.25, 0.3) is 0 Å². The number of ether oxygens (including phenoxy) is 2. The second-order valence-electron chi connectivity index (χ2n) is 6.81. The van der Waals surface area contributed by atoms with Crippen LogP contribution in [0.3, 0.4) is 0 Å². The van der Waals surface area contributed by atoms with Crippen LogP contribution in [-0.2, 0) is 22.0 Å². The fraction of sp³-hybridized carbons (Fsp3) is 0.400. The Balaban J connectivity index is 2.16. The Labute approximate surface area is 156 Å². The molecule has 0 saturated carbocycles. The molecule has 0 spiro atoms. The summed E-state index contributed by atoms with van der Waals surface area (Å²) >= 11 is 0. The highest BCUT2D eigenvalue weighted by Crippen LogP contribution is 2.27. The molecule has 1 N–H and O–H groups in total. The number of hydrogen-bond acceptors (Lipinski definition) is 4. The first-order valence-electron chi connectivity index (χ1n) is 8.54. The Morgan fingerprint density at radius 1 is 0.962 bits per heavy atom. The molecule has 0 aliphatic carbocycles. The molecule has 26 heavy (non-hydrogen) atoms. The Bertz CT molecular complexity index is 820. The molecule has 0 heterocycles. The molecule has 0 amide bonds. The molecule has 0 unspecified atom stereocenters. The van der Waals surface area contributed by atoms with Gasteiger partial charge in [0.2, 0.25) is 10.0 Å². The molecule has 0 atom stereocenters. The van der Waals surface area contributed by atoms with E-state index in [4.69, 9.17) is 9.47 Å². The molecule has 2 rings (SSSR count). The van der Waals surface area contributed by atoms with Gasteiger partial charge in [-0.3, -0.25) is 0 Å². The summed E-state index contributed by atoms with van der Waals surface area (Å²) in [7, 11) is -0.483. The van der Waals surface area contributed by atoms with Crippen molar-refractivity contribution in [3.63, 3.8) is 0 Å². The lowest BCUT2D eigenvalue weighted by Crippen LogP contribution is -2.23. The molecular weight excluding hydrogens is 350 g/mol. The van der Waals surface area contributed by atoms with Gasteiger partial charge in [-0.25, -0.2) is 13.1 Å². The number of hydrogen-bond donors (Lipinski definition) is 1. The van der Waals surface area contributed by atoms with Crippen molar-refractivity contribution in [1.29, 1.82) is 0 Å². The summed E-state index contributed by atoms with van der Waals surface area (Å²) in [5.74, 6) is 1.23. The van der Waals surface area contributed by atoms with Gasteiger partial charge in [-0.2, -0.15) is 0 Å². The number of sulfonamides is 1. The molecular formula is C20H27NO4S. The number of rotatable bonds is 8. The molecule has 0 fully saturated rings. The van der Waals surface area contributed by atoms with Crippen LogP contribution < -0.4 is 14.2 Å². The average molecular weight is 378 g/mol. The van der Waals surface area contributed by atoms with E-state index in [0.29, 0.717) is 11.5 Å². The van der Waals surface area contributed by atoms with E-state index in [0.717, 1.165) is 17.5 Å². The Hall–Kier alpha value is -2.05. The minimum Gasteiger partial charge on any atom is -0.497 e. The van der Waals surface area contributed by atoms with Gasteiger partial charge in [0.1, 0.15) is 11.5 Å². The monoisotopic (exact) mass is 377 g/mol.